The van der Waals surface area contributed by atoms with E-state index in [1.54, 1.807) is 20.3 Å². The van der Waals surface area contributed by atoms with Crippen molar-refractivity contribution in [2.24, 2.45) is 0 Å². The standard InChI is InChI=1S/C17H25ClN2O4.ClH/c1-4-24-15-13(18)9-12(10-14(15)22-2)11-20-16(21)17(23-3)5-7-19-8-6-17;/h9-10,19H,4-8,11H2,1-3H3,(H,20,21);1H. The fourth-order valence-electron chi connectivity index (χ4n) is 2.86. The largest absolute Gasteiger partial charge is 0.493 e. The van der Waals surface area contributed by atoms with Gasteiger partial charge in [-0.05, 0) is 50.6 Å². The first-order valence-electron chi connectivity index (χ1n) is 8.09. The van der Waals surface area contributed by atoms with Gasteiger partial charge >= 0.3 is 0 Å². The summed E-state index contributed by atoms with van der Waals surface area (Å²) in [6.07, 6.45) is 1.31. The molecule has 0 aliphatic carbocycles. The minimum Gasteiger partial charge on any atom is -0.493 e. The van der Waals surface area contributed by atoms with Crippen LogP contribution in [0.25, 0.3) is 0 Å². The average Bonchev–Trinajstić information content (AvgIpc) is 2.62. The Balaban J connectivity index is 0.00000312. The topological polar surface area (TPSA) is 68.8 Å². The van der Waals surface area contributed by atoms with Gasteiger partial charge in [0.1, 0.15) is 5.60 Å². The van der Waals surface area contributed by atoms with Crippen molar-refractivity contribution in [2.45, 2.75) is 31.9 Å². The van der Waals surface area contributed by atoms with Crippen LogP contribution < -0.4 is 20.1 Å². The van der Waals surface area contributed by atoms with Crippen LogP contribution in [0.5, 0.6) is 11.5 Å². The lowest BCUT2D eigenvalue weighted by atomic mass is 9.91. The molecular formula is C17H26Cl2N2O4. The first kappa shape index (κ1) is 21.8. The molecular weight excluding hydrogens is 367 g/mol. The fraction of sp³-hybridized carbons (Fsp3) is 0.588. The predicted octanol–water partition coefficient (Wildman–Crippen LogP) is 2.55. The number of hydrogen-bond donors (Lipinski definition) is 2. The zero-order valence-electron chi connectivity index (χ0n) is 14.8. The molecule has 0 unspecified atom stereocenters. The summed E-state index contributed by atoms with van der Waals surface area (Å²) >= 11 is 6.26. The van der Waals surface area contributed by atoms with Gasteiger partial charge in [-0.2, -0.15) is 0 Å². The normalized spacial score (nSPS) is 15.8. The van der Waals surface area contributed by atoms with Crippen LogP contribution >= 0.6 is 24.0 Å². The minimum atomic E-state index is -0.760. The molecule has 0 radical (unpaired) electrons. The molecule has 6 nitrogen and oxygen atoms in total. The number of rotatable bonds is 7. The molecule has 8 heteroatoms. The predicted molar refractivity (Wildman–Crippen MR) is 100 cm³/mol. The van der Waals surface area contributed by atoms with Crippen LogP contribution in [0.15, 0.2) is 12.1 Å². The highest BCUT2D eigenvalue weighted by Gasteiger charge is 2.39. The smallest absolute Gasteiger partial charge is 0.252 e. The van der Waals surface area contributed by atoms with E-state index >= 15 is 0 Å². The van der Waals surface area contributed by atoms with Crippen molar-refractivity contribution in [1.82, 2.24) is 10.6 Å². The van der Waals surface area contributed by atoms with E-state index in [2.05, 4.69) is 10.6 Å². The van der Waals surface area contributed by atoms with Crippen LogP contribution in [0.4, 0.5) is 0 Å². The van der Waals surface area contributed by atoms with Gasteiger partial charge < -0.3 is 24.8 Å². The number of carbonyl (C=O) groups is 1. The average molecular weight is 393 g/mol. The van der Waals surface area contributed by atoms with Crippen LogP contribution in [0.3, 0.4) is 0 Å². The van der Waals surface area contributed by atoms with Crippen LogP contribution in [-0.2, 0) is 16.1 Å². The summed E-state index contributed by atoms with van der Waals surface area (Å²) in [7, 11) is 3.15. The lowest BCUT2D eigenvalue weighted by Crippen LogP contribution is -2.53. The van der Waals surface area contributed by atoms with Crippen molar-refractivity contribution in [3.8, 4) is 11.5 Å². The molecule has 142 valence electrons. The van der Waals surface area contributed by atoms with E-state index in [4.69, 9.17) is 25.8 Å². The quantitative estimate of drug-likeness (QED) is 0.745. The fourth-order valence-corrected chi connectivity index (χ4v) is 3.15. The zero-order valence-corrected chi connectivity index (χ0v) is 16.4. The van der Waals surface area contributed by atoms with Crippen LogP contribution in [0.1, 0.15) is 25.3 Å². The van der Waals surface area contributed by atoms with Crippen LogP contribution in [-0.4, -0.2) is 45.4 Å². The Morgan fingerprint density at radius 2 is 2.00 bits per heavy atom. The van der Waals surface area contributed by atoms with Crippen molar-refractivity contribution in [2.75, 3.05) is 33.9 Å². The molecule has 1 aromatic rings. The van der Waals surface area contributed by atoms with E-state index in [0.29, 0.717) is 42.5 Å². The molecule has 2 N–H and O–H groups in total. The lowest BCUT2D eigenvalue weighted by molar-refractivity contribution is -0.146. The van der Waals surface area contributed by atoms with E-state index < -0.39 is 5.60 Å². The first-order valence-corrected chi connectivity index (χ1v) is 8.47. The van der Waals surface area contributed by atoms with E-state index in [9.17, 15) is 4.79 Å². The minimum absolute atomic E-state index is 0. The molecule has 1 amide bonds. The van der Waals surface area contributed by atoms with E-state index in [1.165, 1.54) is 0 Å². The van der Waals surface area contributed by atoms with Crippen molar-refractivity contribution in [3.05, 3.63) is 22.7 Å². The van der Waals surface area contributed by atoms with E-state index in [-0.39, 0.29) is 18.3 Å². The molecule has 1 aliphatic heterocycles. The van der Waals surface area contributed by atoms with Crippen molar-refractivity contribution in [3.63, 3.8) is 0 Å². The molecule has 1 aromatic carbocycles. The van der Waals surface area contributed by atoms with Gasteiger partial charge in [0.15, 0.2) is 11.5 Å². The molecule has 1 aliphatic rings. The van der Waals surface area contributed by atoms with Gasteiger partial charge in [0, 0.05) is 13.7 Å². The van der Waals surface area contributed by atoms with Gasteiger partial charge in [0.05, 0.1) is 18.7 Å². The Kier molecular flexibility index (Phi) is 8.79. The maximum atomic E-state index is 12.6. The molecule has 2 rings (SSSR count). The third-order valence-electron chi connectivity index (χ3n) is 4.25. The summed E-state index contributed by atoms with van der Waals surface area (Å²) in [5, 5.41) is 6.64. The monoisotopic (exact) mass is 392 g/mol. The number of benzene rings is 1. The number of nitrogens with one attached hydrogen (secondary N) is 2. The van der Waals surface area contributed by atoms with Crippen molar-refractivity contribution < 1.29 is 19.0 Å². The van der Waals surface area contributed by atoms with Gasteiger partial charge in [-0.1, -0.05) is 11.6 Å². The van der Waals surface area contributed by atoms with Crippen LogP contribution in [0, 0.1) is 0 Å². The van der Waals surface area contributed by atoms with Crippen molar-refractivity contribution >= 4 is 29.9 Å². The van der Waals surface area contributed by atoms with Gasteiger partial charge in [0.2, 0.25) is 0 Å². The third-order valence-corrected chi connectivity index (χ3v) is 4.53. The number of hydrogen-bond acceptors (Lipinski definition) is 5. The molecule has 0 aromatic heterocycles. The zero-order chi connectivity index (χ0) is 17.6. The Hall–Kier alpha value is -1.21. The van der Waals surface area contributed by atoms with E-state index in [1.807, 2.05) is 13.0 Å². The maximum Gasteiger partial charge on any atom is 0.252 e. The second-order valence-electron chi connectivity index (χ2n) is 5.67. The molecule has 1 heterocycles. The molecule has 0 spiro atoms. The Morgan fingerprint density at radius 3 is 2.56 bits per heavy atom. The van der Waals surface area contributed by atoms with E-state index in [0.717, 1.165) is 18.7 Å². The summed E-state index contributed by atoms with van der Waals surface area (Å²) in [5.41, 5.74) is 0.0820. The maximum absolute atomic E-state index is 12.6. The number of carbonyl (C=O) groups excluding carboxylic acids is 1. The first-order chi connectivity index (χ1) is 11.6. The second-order valence-corrected chi connectivity index (χ2v) is 6.08. The van der Waals surface area contributed by atoms with Crippen LogP contribution in [0.2, 0.25) is 5.02 Å². The Labute approximate surface area is 159 Å². The number of amides is 1. The third kappa shape index (κ3) is 5.14. The highest BCUT2D eigenvalue weighted by molar-refractivity contribution is 6.32. The summed E-state index contributed by atoms with van der Waals surface area (Å²) in [6.45, 7) is 4.26. The number of piperidine rings is 1. The molecule has 25 heavy (non-hydrogen) atoms. The van der Waals surface area contributed by atoms with Gasteiger partial charge in [-0.15, -0.1) is 12.4 Å². The number of ether oxygens (including phenoxy) is 3. The molecule has 1 saturated heterocycles. The lowest BCUT2D eigenvalue weighted by Gasteiger charge is -2.34. The molecule has 0 bridgehead atoms. The molecule has 1 fully saturated rings. The Bertz CT molecular complexity index is 578. The van der Waals surface area contributed by atoms with Gasteiger partial charge in [-0.3, -0.25) is 4.79 Å². The highest BCUT2D eigenvalue weighted by atomic mass is 35.5. The van der Waals surface area contributed by atoms with Gasteiger partial charge in [-0.25, -0.2) is 0 Å². The second kappa shape index (κ2) is 10.1. The summed E-state index contributed by atoms with van der Waals surface area (Å²) in [6, 6.07) is 3.59. The number of halogens is 2. The summed E-state index contributed by atoms with van der Waals surface area (Å²) < 4.78 is 16.4. The summed E-state index contributed by atoms with van der Waals surface area (Å²) in [5.74, 6) is 0.968. The SMILES string of the molecule is CCOc1c(Cl)cc(CNC(=O)C2(OC)CCNCC2)cc1OC.Cl. The highest BCUT2D eigenvalue weighted by Crippen LogP contribution is 2.36. The summed E-state index contributed by atoms with van der Waals surface area (Å²) in [4.78, 5) is 12.6. The molecule has 0 atom stereocenters. The Morgan fingerprint density at radius 1 is 1.32 bits per heavy atom. The van der Waals surface area contributed by atoms with Crippen molar-refractivity contribution in [1.29, 1.82) is 0 Å². The van der Waals surface area contributed by atoms with Gasteiger partial charge in [0.25, 0.3) is 5.91 Å². The molecule has 0 saturated carbocycles. The number of methoxy groups -OCH3 is 2.